The number of carboxylic acid groups (broad SMARTS) is 1. The number of benzene rings is 4. The maximum Gasteiger partial charge on any atom is 0.328 e. The Labute approximate surface area is 202 Å². The molecule has 35 heavy (non-hydrogen) atoms. The van der Waals surface area contributed by atoms with Crippen LogP contribution in [0.3, 0.4) is 0 Å². The van der Waals surface area contributed by atoms with Gasteiger partial charge in [0.2, 0.25) is 0 Å². The van der Waals surface area contributed by atoms with Gasteiger partial charge in [-0.15, -0.1) is 0 Å². The first kappa shape index (κ1) is 23.5. The lowest BCUT2D eigenvalue weighted by molar-refractivity contribution is -0.141. The summed E-state index contributed by atoms with van der Waals surface area (Å²) in [4.78, 5) is 37.4. The van der Waals surface area contributed by atoms with Gasteiger partial charge in [-0.3, -0.25) is 9.59 Å². The van der Waals surface area contributed by atoms with E-state index < -0.39 is 17.4 Å². The molecule has 0 aromatic heterocycles. The van der Waals surface area contributed by atoms with Gasteiger partial charge in [-0.25, -0.2) is 4.79 Å². The van der Waals surface area contributed by atoms with Crippen molar-refractivity contribution in [2.24, 2.45) is 0 Å². The van der Waals surface area contributed by atoms with Gasteiger partial charge in [0.25, 0.3) is 11.8 Å². The first-order valence-electron chi connectivity index (χ1n) is 11.1. The van der Waals surface area contributed by atoms with Crippen LogP contribution in [0.15, 0.2) is 91.0 Å². The number of carbonyl (C=O) groups excluding carboxylic acids is 2. The summed E-state index contributed by atoms with van der Waals surface area (Å²) < 4.78 is 0. The van der Waals surface area contributed by atoms with Gasteiger partial charge < -0.3 is 21.1 Å². The van der Waals surface area contributed by atoms with E-state index in [9.17, 15) is 19.5 Å². The number of para-hydroxylation sites is 1. The summed E-state index contributed by atoms with van der Waals surface area (Å²) in [5, 5.41) is 19.9. The normalized spacial score (nSPS) is 11.0. The van der Waals surface area contributed by atoms with Gasteiger partial charge >= 0.3 is 5.97 Å². The number of hydrogen-bond donors (Lipinski definition) is 4. The third-order valence-corrected chi connectivity index (χ3v) is 5.54. The highest BCUT2D eigenvalue weighted by molar-refractivity contribution is 6.13. The molecule has 0 spiro atoms. The van der Waals surface area contributed by atoms with Crippen molar-refractivity contribution in [2.45, 2.75) is 19.4 Å². The topological polar surface area (TPSA) is 108 Å². The van der Waals surface area contributed by atoms with E-state index in [1.54, 1.807) is 68.4 Å². The van der Waals surface area contributed by atoms with Gasteiger partial charge in [-0.1, -0.05) is 48.5 Å². The second kappa shape index (κ2) is 9.69. The van der Waals surface area contributed by atoms with Crippen LogP contribution in [-0.2, 0) is 4.79 Å². The molecular formula is C28H25N3O4. The van der Waals surface area contributed by atoms with Crippen LogP contribution in [0.2, 0.25) is 0 Å². The summed E-state index contributed by atoms with van der Waals surface area (Å²) in [7, 11) is 0. The fourth-order valence-electron chi connectivity index (χ4n) is 3.60. The number of hydrogen-bond acceptors (Lipinski definition) is 4. The molecule has 4 rings (SSSR count). The Balaban J connectivity index is 1.52. The second-order valence-corrected chi connectivity index (χ2v) is 8.65. The van der Waals surface area contributed by atoms with Crippen LogP contribution >= 0.6 is 0 Å². The zero-order chi connectivity index (χ0) is 25.0. The van der Waals surface area contributed by atoms with Crippen molar-refractivity contribution >= 4 is 45.6 Å². The molecule has 4 aromatic carbocycles. The Morgan fingerprint density at radius 3 is 2.14 bits per heavy atom. The smallest absolute Gasteiger partial charge is 0.328 e. The van der Waals surface area contributed by atoms with E-state index in [4.69, 9.17) is 0 Å². The lowest BCUT2D eigenvalue weighted by atomic mass is 10.1. The molecule has 0 bridgehead atoms. The van der Waals surface area contributed by atoms with Gasteiger partial charge in [-0.2, -0.15) is 0 Å². The molecule has 0 heterocycles. The molecule has 0 saturated carbocycles. The number of rotatable bonds is 7. The maximum absolute atomic E-state index is 13.1. The van der Waals surface area contributed by atoms with Crippen LogP contribution in [0.25, 0.3) is 10.8 Å². The number of aliphatic carboxylic acids is 1. The van der Waals surface area contributed by atoms with E-state index in [-0.39, 0.29) is 5.91 Å². The number of carbonyl (C=O) groups is 3. The molecule has 7 nitrogen and oxygen atoms in total. The summed E-state index contributed by atoms with van der Waals surface area (Å²) in [6.07, 6.45) is 0. The van der Waals surface area contributed by atoms with Crippen molar-refractivity contribution in [1.82, 2.24) is 0 Å². The Morgan fingerprint density at radius 2 is 1.37 bits per heavy atom. The van der Waals surface area contributed by atoms with E-state index in [1.807, 2.05) is 36.4 Å². The lowest BCUT2D eigenvalue weighted by Crippen LogP contribution is -2.39. The van der Waals surface area contributed by atoms with E-state index in [0.29, 0.717) is 28.2 Å². The minimum absolute atomic E-state index is 0.297. The number of amides is 2. The summed E-state index contributed by atoms with van der Waals surface area (Å²) in [5.41, 5.74) is 1.02. The third kappa shape index (κ3) is 5.47. The highest BCUT2D eigenvalue weighted by Gasteiger charge is 2.26. The number of fused-ring (bicyclic) bond motifs is 1. The van der Waals surface area contributed by atoms with Gasteiger partial charge in [0.1, 0.15) is 5.54 Å². The molecule has 0 radical (unpaired) electrons. The average molecular weight is 468 g/mol. The van der Waals surface area contributed by atoms with Crippen molar-refractivity contribution < 1.29 is 19.5 Å². The fourth-order valence-corrected chi connectivity index (χ4v) is 3.60. The van der Waals surface area contributed by atoms with E-state index in [2.05, 4.69) is 16.0 Å². The summed E-state index contributed by atoms with van der Waals surface area (Å²) in [6, 6.07) is 26.7. The molecular weight excluding hydrogens is 442 g/mol. The van der Waals surface area contributed by atoms with Crippen molar-refractivity contribution in [1.29, 1.82) is 0 Å². The van der Waals surface area contributed by atoms with Crippen molar-refractivity contribution in [3.05, 3.63) is 102 Å². The average Bonchev–Trinajstić information content (AvgIpc) is 2.84. The standard InChI is InChI=1S/C28H25N3O4/c1-28(2,27(34)35)31-22-11-7-10-21(17-22)29-26(33)23-12-5-6-13-24(23)30-25(32)20-15-14-18-8-3-4-9-19(18)16-20/h3-17,31H,1-2H3,(H,29,33)(H,30,32)(H,34,35). The fraction of sp³-hybridized carbons (Fsp3) is 0.107. The van der Waals surface area contributed by atoms with Crippen LogP contribution in [0.1, 0.15) is 34.6 Å². The molecule has 176 valence electrons. The zero-order valence-electron chi connectivity index (χ0n) is 19.3. The summed E-state index contributed by atoms with van der Waals surface area (Å²) in [5.74, 6) is -1.73. The molecule has 7 heteroatoms. The molecule has 0 aliphatic rings. The largest absolute Gasteiger partial charge is 0.480 e. The summed E-state index contributed by atoms with van der Waals surface area (Å²) in [6.45, 7) is 3.10. The SMILES string of the molecule is CC(C)(Nc1cccc(NC(=O)c2ccccc2NC(=O)c2ccc3ccccc3c2)c1)C(=O)O. The van der Waals surface area contributed by atoms with Crippen LogP contribution in [0.4, 0.5) is 17.1 Å². The monoisotopic (exact) mass is 467 g/mol. The molecule has 2 amide bonds. The molecule has 0 fully saturated rings. The lowest BCUT2D eigenvalue weighted by Gasteiger charge is -2.22. The first-order valence-corrected chi connectivity index (χ1v) is 11.1. The molecule has 0 aliphatic heterocycles. The van der Waals surface area contributed by atoms with Gasteiger partial charge in [-0.05, 0) is 67.1 Å². The van der Waals surface area contributed by atoms with Gasteiger partial charge in [0, 0.05) is 16.9 Å². The molecule has 0 saturated heterocycles. The van der Waals surface area contributed by atoms with Crippen molar-refractivity contribution in [2.75, 3.05) is 16.0 Å². The van der Waals surface area contributed by atoms with Gasteiger partial charge in [0.05, 0.1) is 11.3 Å². The molecule has 0 unspecified atom stereocenters. The van der Waals surface area contributed by atoms with E-state index >= 15 is 0 Å². The molecule has 0 atom stereocenters. The predicted molar refractivity (Wildman–Crippen MR) is 138 cm³/mol. The Kier molecular flexibility index (Phi) is 6.51. The predicted octanol–water partition coefficient (Wildman–Crippen LogP) is 5.62. The van der Waals surface area contributed by atoms with Gasteiger partial charge in [0.15, 0.2) is 0 Å². The van der Waals surface area contributed by atoms with Crippen LogP contribution in [0, 0.1) is 0 Å². The first-order chi connectivity index (χ1) is 16.7. The highest BCUT2D eigenvalue weighted by Crippen LogP contribution is 2.23. The van der Waals surface area contributed by atoms with E-state index in [1.165, 1.54) is 0 Å². The molecule has 0 aliphatic carbocycles. The Hall–Kier alpha value is -4.65. The molecule has 4 N–H and O–H groups in total. The van der Waals surface area contributed by atoms with Crippen LogP contribution in [0.5, 0.6) is 0 Å². The minimum atomic E-state index is -1.18. The number of nitrogens with one attached hydrogen (secondary N) is 3. The quantitative estimate of drug-likeness (QED) is 0.282. The van der Waals surface area contributed by atoms with Crippen molar-refractivity contribution in [3.63, 3.8) is 0 Å². The Morgan fingerprint density at radius 1 is 0.686 bits per heavy atom. The van der Waals surface area contributed by atoms with E-state index in [0.717, 1.165) is 10.8 Å². The zero-order valence-corrected chi connectivity index (χ0v) is 19.3. The maximum atomic E-state index is 13.1. The summed E-state index contributed by atoms with van der Waals surface area (Å²) >= 11 is 0. The highest BCUT2D eigenvalue weighted by atomic mass is 16.4. The van der Waals surface area contributed by atoms with Crippen LogP contribution < -0.4 is 16.0 Å². The number of carboxylic acids is 1. The molecule has 4 aromatic rings. The third-order valence-electron chi connectivity index (χ3n) is 5.54. The van der Waals surface area contributed by atoms with Crippen LogP contribution in [-0.4, -0.2) is 28.4 Å². The minimum Gasteiger partial charge on any atom is -0.480 e. The Bertz CT molecular complexity index is 1430. The second-order valence-electron chi connectivity index (χ2n) is 8.65. The van der Waals surface area contributed by atoms with Crippen molar-refractivity contribution in [3.8, 4) is 0 Å². The number of anilines is 3.